The second-order valence-electron chi connectivity index (χ2n) is 4.10. The van der Waals surface area contributed by atoms with Crippen molar-refractivity contribution in [3.8, 4) is 17.0 Å². The topological polar surface area (TPSA) is 57.0 Å². The van der Waals surface area contributed by atoms with Crippen LogP contribution in [0.3, 0.4) is 0 Å². The van der Waals surface area contributed by atoms with Crippen LogP contribution < -0.4 is 4.74 Å². The summed E-state index contributed by atoms with van der Waals surface area (Å²) in [6.07, 6.45) is 0.950. The molecular weight excluding hydrogens is 254 g/mol. The molecule has 0 fully saturated rings. The van der Waals surface area contributed by atoms with Crippen molar-refractivity contribution >= 4 is 6.09 Å². The molecule has 5 heteroatoms. The fourth-order valence-electron chi connectivity index (χ4n) is 1.73. The zero-order valence-corrected chi connectivity index (χ0v) is 10.5. The molecule has 0 aliphatic rings. The van der Waals surface area contributed by atoms with E-state index in [1.807, 2.05) is 36.4 Å². The Morgan fingerprint density at radius 2 is 1.60 bits per heavy atom. The Bertz CT molecular complexity index is 708. The molecule has 20 heavy (non-hydrogen) atoms. The van der Waals surface area contributed by atoms with E-state index in [0.717, 1.165) is 10.2 Å². The van der Waals surface area contributed by atoms with E-state index in [0.29, 0.717) is 11.4 Å². The van der Waals surface area contributed by atoms with E-state index >= 15 is 0 Å². The van der Waals surface area contributed by atoms with Crippen molar-refractivity contribution in [2.75, 3.05) is 0 Å². The van der Waals surface area contributed by atoms with Crippen LogP contribution >= 0.6 is 0 Å². The van der Waals surface area contributed by atoms with Crippen LogP contribution in [0.4, 0.5) is 4.79 Å². The first-order chi connectivity index (χ1) is 9.83. The number of hydrogen-bond acceptors (Lipinski definition) is 4. The van der Waals surface area contributed by atoms with Crippen molar-refractivity contribution in [1.82, 2.24) is 15.0 Å². The van der Waals surface area contributed by atoms with Gasteiger partial charge in [-0.2, -0.15) is 4.68 Å². The number of hydrogen-bond donors (Lipinski definition) is 0. The summed E-state index contributed by atoms with van der Waals surface area (Å²) in [5, 5.41) is 7.74. The van der Waals surface area contributed by atoms with E-state index in [1.165, 1.54) is 0 Å². The molecule has 0 saturated heterocycles. The molecule has 3 rings (SSSR count). The van der Waals surface area contributed by atoms with Crippen LogP contribution in [0.25, 0.3) is 11.3 Å². The molecule has 0 radical (unpaired) electrons. The zero-order valence-electron chi connectivity index (χ0n) is 10.5. The van der Waals surface area contributed by atoms with Gasteiger partial charge in [0.25, 0.3) is 0 Å². The molecular formula is C15H11N3O2. The summed E-state index contributed by atoms with van der Waals surface area (Å²) in [5.41, 5.74) is 1.52. The van der Waals surface area contributed by atoms with Gasteiger partial charge in [0.1, 0.15) is 11.4 Å². The third-order valence-corrected chi connectivity index (χ3v) is 2.70. The summed E-state index contributed by atoms with van der Waals surface area (Å²) < 4.78 is 6.25. The lowest BCUT2D eigenvalue weighted by Gasteiger charge is -2.01. The Balaban J connectivity index is 1.79. The van der Waals surface area contributed by atoms with Gasteiger partial charge in [0, 0.05) is 5.56 Å². The first-order valence-electron chi connectivity index (χ1n) is 6.08. The zero-order chi connectivity index (χ0) is 13.8. The molecule has 0 aliphatic heterocycles. The SMILES string of the molecule is O=C(Oc1ccccc1)n1cc(-c2ccccc2)nn1. The van der Waals surface area contributed by atoms with E-state index in [-0.39, 0.29) is 0 Å². The second-order valence-corrected chi connectivity index (χ2v) is 4.10. The smallest absolute Gasteiger partial charge is 0.409 e. The third kappa shape index (κ3) is 2.56. The molecule has 1 aromatic heterocycles. The van der Waals surface area contributed by atoms with Crippen molar-refractivity contribution in [2.24, 2.45) is 0 Å². The molecule has 0 atom stereocenters. The predicted molar refractivity (Wildman–Crippen MR) is 73.3 cm³/mol. The highest BCUT2D eigenvalue weighted by molar-refractivity contribution is 5.73. The van der Waals surface area contributed by atoms with Crippen LogP contribution in [0.15, 0.2) is 66.9 Å². The van der Waals surface area contributed by atoms with Crippen molar-refractivity contribution < 1.29 is 9.53 Å². The molecule has 98 valence electrons. The van der Waals surface area contributed by atoms with Crippen LogP contribution in [0.1, 0.15) is 0 Å². The van der Waals surface area contributed by atoms with Crippen molar-refractivity contribution in [1.29, 1.82) is 0 Å². The fourth-order valence-corrected chi connectivity index (χ4v) is 1.73. The lowest BCUT2D eigenvalue weighted by atomic mass is 10.2. The maximum absolute atomic E-state index is 11.9. The summed E-state index contributed by atoms with van der Waals surface area (Å²) in [5.74, 6) is 0.467. The summed E-state index contributed by atoms with van der Waals surface area (Å²) in [4.78, 5) is 11.9. The minimum Gasteiger partial charge on any atom is -0.409 e. The van der Waals surface area contributed by atoms with Crippen LogP contribution in [-0.2, 0) is 0 Å². The average Bonchev–Trinajstić information content (AvgIpc) is 2.99. The monoisotopic (exact) mass is 265 g/mol. The molecule has 0 unspecified atom stereocenters. The Morgan fingerprint density at radius 1 is 0.950 bits per heavy atom. The molecule has 5 nitrogen and oxygen atoms in total. The summed E-state index contributed by atoms with van der Waals surface area (Å²) in [7, 11) is 0. The van der Waals surface area contributed by atoms with Gasteiger partial charge in [-0.3, -0.25) is 0 Å². The summed E-state index contributed by atoms with van der Waals surface area (Å²) in [6.45, 7) is 0. The third-order valence-electron chi connectivity index (χ3n) is 2.70. The van der Waals surface area contributed by atoms with Crippen molar-refractivity contribution in [3.05, 3.63) is 66.9 Å². The number of ether oxygens (including phenoxy) is 1. The van der Waals surface area contributed by atoms with E-state index in [1.54, 1.807) is 30.5 Å². The maximum atomic E-state index is 11.9. The van der Waals surface area contributed by atoms with Crippen LogP contribution in [0.2, 0.25) is 0 Å². The molecule has 0 bridgehead atoms. The molecule has 0 amide bonds. The Morgan fingerprint density at radius 3 is 2.30 bits per heavy atom. The van der Waals surface area contributed by atoms with Gasteiger partial charge in [0.05, 0.1) is 6.20 Å². The number of carbonyl (C=O) groups is 1. The lowest BCUT2D eigenvalue weighted by molar-refractivity contribution is 0.198. The first-order valence-corrected chi connectivity index (χ1v) is 6.08. The summed E-state index contributed by atoms with van der Waals surface area (Å²) in [6, 6.07) is 18.3. The maximum Gasteiger partial charge on any atom is 0.441 e. The minimum absolute atomic E-state index is 0.467. The predicted octanol–water partition coefficient (Wildman–Crippen LogP) is 2.99. The van der Waals surface area contributed by atoms with Gasteiger partial charge in [0.15, 0.2) is 0 Å². The van der Waals surface area contributed by atoms with E-state index in [9.17, 15) is 4.79 Å². The largest absolute Gasteiger partial charge is 0.441 e. The quantitative estimate of drug-likeness (QED) is 0.714. The van der Waals surface area contributed by atoms with Crippen LogP contribution in [0, 0.1) is 0 Å². The number of para-hydroxylation sites is 1. The Kier molecular flexibility index (Phi) is 3.24. The Hall–Kier alpha value is -2.95. The van der Waals surface area contributed by atoms with Gasteiger partial charge < -0.3 is 4.74 Å². The summed E-state index contributed by atoms with van der Waals surface area (Å²) >= 11 is 0. The molecule has 1 heterocycles. The van der Waals surface area contributed by atoms with Gasteiger partial charge in [-0.1, -0.05) is 53.7 Å². The van der Waals surface area contributed by atoms with Crippen LogP contribution in [0.5, 0.6) is 5.75 Å². The molecule has 0 spiro atoms. The Labute approximate surface area is 115 Å². The van der Waals surface area contributed by atoms with Crippen LogP contribution in [-0.4, -0.2) is 21.1 Å². The number of benzene rings is 2. The van der Waals surface area contributed by atoms with Crippen molar-refractivity contribution in [3.63, 3.8) is 0 Å². The highest BCUT2D eigenvalue weighted by Gasteiger charge is 2.11. The molecule has 2 aromatic carbocycles. The first kappa shape index (κ1) is 12.1. The van der Waals surface area contributed by atoms with E-state index in [4.69, 9.17) is 4.74 Å². The van der Waals surface area contributed by atoms with Crippen molar-refractivity contribution in [2.45, 2.75) is 0 Å². The molecule has 0 N–H and O–H groups in total. The number of rotatable bonds is 2. The van der Waals surface area contributed by atoms with Gasteiger partial charge >= 0.3 is 6.09 Å². The van der Waals surface area contributed by atoms with E-state index in [2.05, 4.69) is 10.3 Å². The second kappa shape index (κ2) is 5.36. The number of aromatic nitrogens is 3. The van der Waals surface area contributed by atoms with Gasteiger partial charge in [-0.05, 0) is 12.1 Å². The minimum atomic E-state index is -0.592. The number of nitrogens with zero attached hydrogens (tertiary/aromatic N) is 3. The van der Waals surface area contributed by atoms with Gasteiger partial charge in [0.2, 0.25) is 0 Å². The van der Waals surface area contributed by atoms with Gasteiger partial charge in [-0.15, -0.1) is 5.10 Å². The standard InChI is InChI=1S/C15H11N3O2/c19-15(20-13-9-5-2-6-10-13)18-11-14(16-17-18)12-7-3-1-4-8-12/h1-11H. The highest BCUT2D eigenvalue weighted by Crippen LogP contribution is 2.15. The van der Waals surface area contributed by atoms with Gasteiger partial charge in [-0.25, -0.2) is 4.79 Å². The number of carbonyl (C=O) groups excluding carboxylic acids is 1. The molecule has 0 aliphatic carbocycles. The highest BCUT2D eigenvalue weighted by atomic mass is 16.6. The average molecular weight is 265 g/mol. The van der Waals surface area contributed by atoms with E-state index < -0.39 is 6.09 Å². The normalized spacial score (nSPS) is 10.2. The lowest BCUT2D eigenvalue weighted by Crippen LogP contribution is -2.17. The molecule has 3 aromatic rings. The molecule has 0 saturated carbocycles. The fraction of sp³-hybridized carbons (Fsp3) is 0.